The van der Waals surface area contributed by atoms with Gasteiger partial charge in [-0.05, 0) is 89.9 Å². The Hall–Kier alpha value is -2.89. The number of aliphatic hydroxyl groups is 5. The van der Waals surface area contributed by atoms with Crippen LogP contribution in [0.2, 0.25) is 0 Å². The molecule has 0 aliphatic carbocycles. The molecule has 1 aliphatic rings. The Morgan fingerprint density at radius 3 is 1.04 bits per heavy atom. The van der Waals surface area contributed by atoms with E-state index in [9.17, 15) is 30.3 Å². The van der Waals surface area contributed by atoms with E-state index in [2.05, 4.69) is 104 Å². The predicted molar refractivity (Wildman–Crippen MR) is 396 cm³/mol. The summed E-state index contributed by atoms with van der Waals surface area (Å²) in [5, 5.41) is 54.9. The van der Waals surface area contributed by atoms with Gasteiger partial charge in [0.15, 0.2) is 6.29 Å². The topological polar surface area (TPSA) is 149 Å². The van der Waals surface area contributed by atoms with Crippen molar-refractivity contribution in [3.8, 4) is 0 Å². The van der Waals surface area contributed by atoms with Crippen LogP contribution in [0.3, 0.4) is 0 Å². The molecule has 534 valence electrons. The van der Waals surface area contributed by atoms with Crippen LogP contribution in [0.25, 0.3) is 0 Å². The molecule has 1 fully saturated rings. The predicted octanol–water partition coefficient (Wildman–Crippen LogP) is 22.6. The van der Waals surface area contributed by atoms with Gasteiger partial charge in [0.1, 0.15) is 24.4 Å². The number of nitrogens with one attached hydrogen (secondary N) is 1. The van der Waals surface area contributed by atoms with Gasteiger partial charge in [-0.2, -0.15) is 0 Å². The van der Waals surface area contributed by atoms with Gasteiger partial charge in [-0.1, -0.05) is 368 Å². The molecule has 1 aliphatic heterocycles. The van der Waals surface area contributed by atoms with E-state index in [-0.39, 0.29) is 12.5 Å². The second-order valence-corrected chi connectivity index (χ2v) is 27.1. The fourth-order valence-corrected chi connectivity index (χ4v) is 12.3. The van der Waals surface area contributed by atoms with E-state index in [1.807, 2.05) is 6.08 Å². The fourth-order valence-electron chi connectivity index (χ4n) is 12.3. The van der Waals surface area contributed by atoms with Gasteiger partial charge >= 0.3 is 0 Å². The summed E-state index contributed by atoms with van der Waals surface area (Å²) < 4.78 is 11.3. The summed E-state index contributed by atoms with van der Waals surface area (Å²) in [6, 6.07) is -0.834. The number of carbonyl (C=O) groups excluding carboxylic acids is 1. The second-order valence-electron chi connectivity index (χ2n) is 27.1. The normalized spacial score (nSPS) is 18.2. The Morgan fingerprint density at radius 2 is 0.685 bits per heavy atom. The van der Waals surface area contributed by atoms with Gasteiger partial charge in [0.05, 0.1) is 25.4 Å². The maximum Gasteiger partial charge on any atom is 0.220 e. The lowest BCUT2D eigenvalue weighted by Gasteiger charge is -2.40. The summed E-state index contributed by atoms with van der Waals surface area (Å²) in [7, 11) is 0. The zero-order valence-corrected chi connectivity index (χ0v) is 60.0. The zero-order valence-electron chi connectivity index (χ0n) is 60.0. The number of hydrogen-bond acceptors (Lipinski definition) is 8. The van der Waals surface area contributed by atoms with Crippen LogP contribution in [-0.4, -0.2) is 87.5 Å². The van der Waals surface area contributed by atoms with Crippen LogP contribution >= 0.6 is 0 Å². The molecule has 0 aromatic rings. The number of hydrogen-bond donors (Lipinski definition) is 6. The summed E-state index contributed by atoms with van der Waals surface area (Å²) in [4.78, 5) is 13.2. The minimum atomic E-state index is -1.58. The third-order valence-electron chi connectivity index (χ3n) is 18.4. The molecule has 0 aromatic carbocycles. The van der Waals surface area contributed by atoms with E-state index < -0.39 is 49.5 Å². The molecule has 7 atom stereocenters. The van der Waals surface area contributed by atoms with E-state index in [0.29, 0.717) is 6.42 Å². The van der Waals surface area contributed by atoms with Crippen LogP contribution in [0.1, 0.15) is 367 Å². The fraction of sp³-hybridized carbons (Fsp3) is 0.795. The molecule has 0 aromatic heterocycles. The molecular formula is C83H149NO8. The largest absolute Gasteiger partial charge is 0.394 e. The number of allylic oxidation sites excluding steroid dienone is 15. The molecule has 1 amide bonds. The van der Waals surface area contributed by atoms with Crippen molar-refractivity contribution in [3.05, 3.63) is 97.2 Å². The maximum absolute atomic E-state index is 13.2. The number of amides is 1. The Bertz CT molecular complexity index is 1780. The second kappa shape index (κ2) is 70.9. The molecule has 0 saturated carbocycles. The van der Waals surface area contributed by atoms with Crippen LogP contribution < -0.4 is 5.32 Å². The molecule has 0 bridgehead atoms. The molecule has 9 heteroatoms. The van der Waals surface area contributed by atoms with Gasteiger partial charge in [0.2, 0.25) is 5.91 Å². The van der Waals surface area contributed by atoms with Gasteiger partial charge in [-0.15, -0.1) is 0 Å². The third-order valence-corrected chi connectivity index (χ3v) is 18.4. The summed E-state index contributed by atoms with van der Waals surface area (Å²) in [6.45, 7) is 3.69. The highest BCUT2D eigenvalue weighted by Gasteiger charge is 2.44. The Kier molecular flexibility index (Phi) is 67.1. The van der Waals surface area contributed by atoms with E-state index in [1.54, 1.807) is 6.08 Å². The van der Waals surface area contributed by atoms with Crippen molar-refractivity contribution < 1.29 is 39.8 Å². The van der Waals surface area contributed by atoms with E-state index in [4.69, 9.17) is 9.47 Å². The number of rotatable bonds is 69. The molecule has 6 N–H and O–H groups in total. The molecule has 92 heavy (non-hydrogen) atoms. The van der Waals surface area contributed by atoms with Crippen LogP contribution in [0.5, 0.6) is 0 Å². The monoisotopic (exact) mass is 1290 g/mol. The van der Waals surface area contributed by atoms with Crippen molar-refractivity contribution in [3.63, 3.8) is 0 Å². The first kappa shape index (κ1) is 87.1. The summed E-state index contributed by atoms with van der Waals surface area (Å²) in [6.07, 6.45) is 97.0. The van der Waals surface area contributed by atoms with Crippen molar-refractivity contribution in [2.24, 2.45) is 0 Å². The lowest BCUT2D eigenvalue weighted by Crippen LogP contribution is -2.60. The summed E-state index contributed by atoms with van der Waals surface area (Å²) in [5.74, 6) is -0.187. The quantitative estimate of drug-likeness (QED) is 0.0261. The van der Waals surface area contributed by atoms with Crippen molar-refractivity contribution in [2.45, 2.75) is 410 Å². The Labute approximate surface area is 568 Å². The highest BCUT2D eigenvalue weighted by molar-refractivity contribution is 5.76. The highest BCUT2D eigenvalue weighted by Crippen LogP contribution is 2.24. The standard InChI is InChI=1S/C83H149NO8/c1-3-5-7-9-11-13-15-17-19-21-23-25-27-29-31-33-35-37-38-39-40-41-43-45-47-49-51-53-55-57-59-61-63-65-67-69-71-73-79(87)84-76(75-91-83-82(90)81(89)80(88)78(74-85)92-83)77(86)72-70-68-66-64-62-60-58-56-54-52-50-48-46-44-42-36-34-32-30-28-26-24-22-20-18-16-14-12-10-8-6-4-2/h5,7,11,13,17,19,23,25,29,31,54,56,62,64,70,72,76-78,80-83,85-86,88-90H,3-4,6,8-10,12,14-16,18,20-22,24,26-28,30,32-53,55,57-61,63,65-69,71,73-75H2,1-2H3,(H,84,87)/b7-5-,13-11-,19-17-,25-23-,31-29-,56-54+,64-62+,72-70+. The minimum absolute atomic E-state index is 0.187. The first-order valence-electron chi connectivity index (χ1n) is 39.5. The van der Waals surface area contributed by atoms with Crippen LogP contribution in [0.4, 0.5) is 0 Å². The zero-order chi connectivity index (χ0) is 66.4. The lowest BCUT2D eigenvalue weighted by atomic mass is 9.99. The van der Waals surface area contributed by atoms with Gasteiger partial charge in [0, 0.05) is 6.42 Å². The number of unbranched alkanes of at least 4 members (excludes halogenated alkanes) is 45. The Balaban J connectivity index is 2.10. The van der Waals surface area contributed by atoms with E-state index >= 15 is 0 Å². The molecule has 1 saturated heterocycles. The third kappa shape index (κ3) is 58.5. The molecular weight excluding hydrogens is 1140 g/mol. The molecule has 1 heterocycles. The van der Waals surface area contributed by atoms with Crippen LogP contribution in [-0.2, 0) is 14.3 Å². The molecule has 1 rings (SSSR count). The maximum atomic E-state index is 13.2. The molecule has 0 spiro atoms. The first-order valence-corrected chi connectivity index (χ1v) is 39.5. The van der Waals surface area contributed by atoms with E-state index in [1.165, 1.54) is 270 Å². The molecule has 9 nitrogen and oxygen atoms in total. The first-order chi connectivity index (χ1) is 45.3. The Morgan fingerprint density at radius 1 is 0.380 bits per heavy atom. The molecule has 0 radical (unpaired) electrons. The van der Waals surface area contributed by atoms with Gasteiger partial charge < -0.3 is 40.3 Å². The van der Waals surface area contributed by atoms with Crippen molar-refractivity contribution >= 4 is 5.91 Å². The summed E-state index contributed by atoms with van der Waals surface area (Å²) >= 11 is 0. The lowest BCUT2D eigenvalue weighted by molar-refractivity contribution is -0.302. The number of aliphatic hydroxyl groups excluding tert-OH is 5. The highest BCUT2D eigenvalue weighted by atomic mass is 16.7. The van der Waals surface area contributed by atoms with Gasteiger partial charge in [0.25, 0.3) is 0 Å². The summed E-state index contributed by atoms with van der Waals surface area (Å²) in [5.41, 5.74) is 0. The average Bonchev–Trinajstić information content (AvgIpc) is 1.00. The van der Waals surface area contributed by atoms with Gasteiger partial charge in [-0.25, -0.2) is 0 Å². The number of ether oxygens (including phenoxy) is 2. The van der Waals surface area contributed by atoms with Crippen molar-refractivity contribution in [2.75, 3.05) is 13.2 Å². The van der Waals surface area contributed by atoms with E-state index in [0.717, 1.165) is 77.0 Å². The van der Waals surface area contributed by atoms with Crippen LogP contribution in [0, 0.1) is 0 Å². The van der Waals surface area contributed by atoms with Crippen molar-refractivity contribution in [1.29, 1.82) is 0 Å². The average molecular weight is 1290 g/mol. The minimum Gasteiger partial charge on any atom is -0.394 e. The SMILES string of the molecule is CC/C=C\C/C=C\C/C=C\C/C=C\C/C=C\CCCCCCCCCCCCCCCCCCCCCCCC(=O)NC(COC1OC(CO)C(O)C(O)C1O)C(O)/C=C/CC/C=C/CC/C=C/CCCCCCCCCCCCCCCCCCCCCCCC. The van der Waals surface area contributed by atoms with Crippen LogP contribution in [0.15, 0.2) is 97.2 Å². The molecule has 7 unspecified atom stereocenters. The van der Waals surface area contributed by atoms with Gasteiger partial charge in [-0.3, -0.25) is 4.79 Å². The van der Waals surface area contributed by atoms with Crippen molar-refractivity contribution in [1.82, 2.24) is 5.32 Å². The number of carbonyl (C=O) groups is 1. The smallest absolute Gasteiger partial charge is 0.220 e.